The smallest absolute Gasteiger partial charge is 0.410 e. The molecule has 3 nitrogen and oxygen atoms in total. The van der Waals surface area contributed by atoms with E-state index in [-0.39, 0.29) is 6.09 Å². The van der Waals surface area contributed by atoms with Crippen molar-refractivity contribution in [1.82, 2.24) is 4.90 Å². The number of nitrogens with zero attached hydrogens (tertiary/aromatic N) is 1. The van der Waals surface area contributed by atoms with Gasteiger partial charge in [0.15, 0.2) is 0 Å². The Morgan fingerprint density at radius 3 is 2.29 bits per heavy atom. The fourth-order valence-corrected chi connectivity index (χ4v) is 5.02. The van der Waals surface area contributed by atoms with Gasteiger partial charge in [-0.05, 0) is 48.6 Å². The Labute approximate surface area is 168 Å². The van der Waals surface area contributed by atoms with E-state index in [2.05, 4.69) is 35.2 Å². The zero-order chi connectivity index (χ0) is 19.2. The number of carbonyl (C=O) groups is 1. The lowest BCUT2D eigenvalue weighted by atomic mass is 9.75. The van der Waals surface area contributed by atoms with E-state index in [1.165, 1.54) is 37.7 Å². The van der Waals surface area contributed by atoms with Gasteiger partial charge in [-0.3, -0.25) is 0 Å². The van der Waals surface area contributed by atoms with Crippen molar-refractivity contribution in [2.45, 2.75) is 63.5 Å². The van der Waals surface area contributed by atoms with Crippen LogP contribution in [0.2, 0.25) is 0 Å². The number of benzene rings is 2. The molecule has 2 aromatic carbocycles. The van der Waals surface area contributed by atoms with Crippen LogP contribution in [0.5, 0.6) is 0 Å². The molecule has 1 saturated carbocycles. The van der Waals surface area contributed by atoms with E-state index < -0.39 is 0 Å². The van der Waals surface area contributed by atoms with E-state index in [1.807, 2.05) is 30.3 Å². The van der Waals surface area contributed by atoms with Crippen molar-refractivity contribution in [3.05, 3.63) is 71.8 Å². The topological polar surface area (TPSA) is 29.5 Å². The highest BCUT2D eigenvalue weighted by atomic mass is 16.6. The molecule has 148 valence electrons. The molecule has 1 heterocycles. The number of rotatable bonds is 4. The number of hydrogen-bond donors (Lipinski definition) is 0. The van der Waals surface area contributed by atoms with Crippen molar-refractivity contribution >= 4 is 6.09 Å². The highest BCUT2D eigenvalue weighted by Gasteiger charge is 2.38. The highest BCUT2D eigenvalue weighted by Crippen LogP contribution is 2.39. The molecule has 1 saturated heterocycles. The van der Waals surface area contributed by atoms with Crippen LogP contribution in [0.1, 0.15) is 62.0 Å². The van der Waals surface area contributed by atoms with Crippen LogP contribution in [-0.4, -0.2) is 23.6 Å². The van der Waals surface area contributed by atoms with Crippen LogP contribution in [-0.2, 0) is 11.3 Å². The Morgan fingerprint density at radius 2 is 1.57 bits per heavy atom. The van der Waals surface area contributed by atoms with Gasteiger partial charge in [0.1, 0.15) is 6.61 Å². The molecule has 0 spiro atoms. The molecule has 4 rings (SSSR count). The average Bonchev–Trinajstić information content (AvgIpc) is 2.79. The van der Waals surface area contributed by atoms with Gasteiger partial charge in [0.25, 0.3) is 0 Å². The largest absolute Gasteiger partial charge is 0.445 e. The predicted octanol–water partition coefficient (Wildman–Crippen LogP) is 6.15. The summed E-state index contributed by atoms with van der Waals surface area (Å²) in [5.74, 6) is 1.16. The van der Waals surface area contributed by atoms with Gasteiger partial charge >= 0.3 is 6.09 Å². The lowest BCUT2D eigenvalue weighted by Crippen LogP contribution is -2.49. The fraction of sp³-hybridized carbons (Fsp3) is 0.480. The average molecular weight is 378 g/mol. The van der Waals surface area contributed by atoms with Crippen LogP contribution in [0.25, 0.3) is 0 Å². The Morgan fingerprint density at radius 1 is 0.893 bits per heavy atom. The maximum atomic E-state index is 13.0. The molecule has 0 bridgehead atoms. The van der Waals surface area contributed by atoms with Crippen LogP contribution in [0.15, 0.2) is 60.7 Å². The van der Waals surface area contributed by atoms with Crippen molar-refractivity contribution < 1.29 is 9.53 Å². The number of carbonyl (C=O) groups excluding carboxylic acids is 1. The highest BCUT2D eigenvalue weighted by molar-refractivity contribution is 5.68. The summed E-state index contributed by atoms with van der Waals surface area (Å²) in [4.78, 5) is 15.0. The molecule has 2 aromatic rings. The molecule has 3 heteroatoms. The minimum atomic E-state index is -0.133. The van der Waals surface area contributed by atoms with Crippen LogP contribution in [0, 0.1) is 5.92 Å². The number of likely N-dealkylation sites (tertiary alicyclic amines) is 1. The van der Waals surface area contributed by atoms with Crippen LogP contribution in [0.3, 0.4) is 0 Å². The van der Waals surface area contributed by atoms with Crippen molar-refractivity contribution in [1.29, 1.82) is 0 Å². The summed E-state index contributed by atoms with van der Waals surface area (Å²) in [6.45, 7) is 1.16. The predicted molar refractivity (Wildman–Crippen MR) is 112 cm³/mol. The molecule has 2 fully saturated rings. The Bertz CT molecular complexity index is 740. The van der Waals surface area contributed by atoms with Gasteiger partial charge < -0.3 is 9.64 Å². The maximum Gasteiger partial charge on any atom is 0.410 e. The Hall–Kier alpha value is -2.29. The van der Waals surface area contributed by atoms with E-state index in [1.54, 1.807) is 0 Å². The quantitative estimate of drug-likeness (QED) is 0.639. The molecule has 28 heavy (non-hydrogen) atoms. The molecule has 0 radical (unpaired) electrons. The summed E-state index contributed by atoms with van der Waals surface area (Å²) in [5, 5.41) is 0. The van der Waals surface area contributed by atoms with Crippen LogP contribution >= 0.6 is 0 Å². The van der Waals surface area contributed by atoms with E-state index in [9.17, 15) is 4.79 Å². The summed E-state index contributed by atoms with van der Waals surface area (Å²) in [7, 11) is 0. The molecule has 2 atom stereocenters. The first-order chi connectivity index (χ1) is 13.8. The summed E-state index contributed by atoms with van der Waals surface area (Å²) in [6, 6.07) is 21.1. The molecule has 1 aliphatic carbocycles. The third-order valence-corrected chi connectivity index (χ3v) is 6.55. The van der Waals surface area contributed by atoms with Crippen molar-refractivity contribution in [3.8, 4) is 0 Å². The van der Waals surface area contributed by atoms with Gasteiger partial charge in [-0.2, -0.15) is 0 Å². The standard InChI is InChI=1S/C25H31NO2/c27-25(28-19-20-10-4-1-5-11-20)26-17-16-23(21-12-6-2-7-13-21)18-24(26)22-14-8-3-9-15-22/h1-2,4-7,10-13,22-24H,3,8-9,14-19H2. The van der Waals surface area contributed by atoms with Crippen molar-refractivity contribution in [2.75, 3.05) is 6.54 Å². The molecule has 1 amide bonds. The normalized spacial score (nSPS) is 23.4. The fourth-order valence-electron chi connectivity index (χ4n) is 5.02. The van der Waals surface area contributed by atoms with Crippen LogP contribution < -0.4 is 0 Å². The number of hydrogen-bond acceptors (Lipinski definition) is 2. The lowest BCUT2D eigenvalue weighted by molar-refractivity contribution is 0.0397. The number of amides is 1. The molecule has 1 aliphatic heterocycles. The zero-order valence-electron chi connectivity index (χ0n) is 16.6. The van der Waals surface area contributed by atoms with Crippen molar-refractivity contribution in [2.24, 2.45) is 5.92 Å². The second kappa shape index (κ2) is 9.27. The molecule has 0 N–H and O–H groups in total. The van der Waals surface area contributed by atoms with Crippen molar-refractivity contribution in [3.63, 3.8) is 0 Å². The lowest BCUT2D eigenvalue weighted by Gasteiger charge is -2.44. The first-order valence-corrected chi connectivity index (χ1v) is 10.8. The SMILES string of the molecule is O=C(OCc1ccccc1)N1CCC(c2ccccc2)CC1C1CCCCC1. The van der Waals surface area contributed by atoms with E-state index in [0.717, 1.165) is 24.9 Å². The summed E-state index contributed by atoms with van der Waals surface area (Å²) >= 11 is 0. The third kappa shape index (κ3) is 4.57. The molecular formula is C25H31NO2. The first-order valence-electron chi connectivity index (χ1n) is 10.8. The van der Waals surface area contributed by atoms with E-state index in [0.29, 0.717) is 24.5 Å². The van der Waals surface area contributed by atoms with Crippen LogP contribution in [0.4, 0.5) is 4.79 Å². The monoisotopic (exact) mass is 377 g/mol. The van der Waals surface area contributed by atoms with Gasteiger partial charge in [0, 0.05) is 12.6 Å². The Balaban J connectivity index is 1.46. The third-order valence-electron chi connectivity index (χ3n) is 6.55. The first kappa shape index (κ1) is 19.0. The minimum absolute atomic E-state index is 0.133. The van der Waals surface area contributed by atoms with Gasteiger partial charge in [0.2, 0.25) is 0 Å². The second-order valence-corrected chi connectivity index (χ2v) is 8.33. The summed E-state index contributed by atoms with van der Waals surface area (Å²) in [5.41, 5.74) is 2.46. The minimum Gasteiger partial charge on any atom is -0.445 e. The number of piperidine rings is 1. The molecule has 2 aliphatic rings. The zero-order valence-corrected chi connectivity index (χ0v) is 16.6. The maximum absolute atomic E-state index is 13.0. The van der Waals surface area contributed by atoms with E-state index in [4.69, 9.17) is 4.74 Å². The number of ether oxygens (including phenoxy) is 1. The summed E-state index contributed by atoms with van der Waals surface area (Å²) < 4.78 is 5.72. The van der Waals surface area contributed by atoms with E-state index >= 15 is 0 Å². The Kier molecular flexibility index (Phi) is 6.31. The molecular weight excluding hydrogens is 346 g/mol. The summed E-state index contributed by atoms with van der Waals surface area (Å²) in [6.07, 6.45) is 8.37. The molecule has 0 aromatic heterocycles. The second-order valence-electron chi connectivity index (χ2n) is 8.33. The van der Waals surface area contributed by atoms with Gasteiger partial charge in [-0.25, -0.2) is 4.79 Å². The van der Waals surface area contributed by atoms with Gasteiger partial charge in [0.05, 0.1) is 0 Å². The molecule has 2 unspecified atom stereocenters. The van der Waals surface area contributed by atoms with Gasteiger partial charge in [-0.15, -0.1) is 0 Å². The van der Waals surface area contributed by atoms with Gasteiger partial charge in [-0.1, -0.05) is 79.9 Å².